The molecule has 0 bridgehead atoms. The molecular weight excluding hydrogens is 376 g/mol. The van der Waals surface area contributed by atoms with Gasteiger partial charge in [0.05, 0.1) is 23.9 Å². The van der Waals surface area contributed by atoms with Crippen molar-refractivity contribution in [1.29, 1.82) is 0 Å². The van der Waals surface area contributed by atoms with Gasteiger partial charge in [0.15, 0.2) is 5.69 Å². The zero-order valence-electron chi connectivity index (χ0n) is 15.2. The molecule has 6 nitrogen and oxygen atoms in total. The lowest BCUT2D eigenvalue weighted by atomic mass is 10.1. The fraction of sp³-hybridized carbons (Fsp3) is 0.190. The number of ether oxygens (including phenoxy) is 1. The van der Waals surface area contributed by atoms with Gasteiger partial charge in [-0.3, -0.25) is 4.68 Å². The van der Waals surface area contributed by atoms with Gasteiger partial charge in [0.2, 0.25) is 5.82 Å². The highest BCUT2D eigenvalue weighted by molar-refractivity contribution is 6.33. The van der Waals surface area contributed by atoms with Gasteiger partial charge in [0.1, 0.15) is 6.10 Å². The van der Waals surface area contributed by atoms with E-state index in [0.717, 1.165) is 16.8 Å². The van der Waals surface area contributed by atoms with Crippen LogP contribution in [0.1, 0.15) is 22.9 Å². The molecule has 140 valence electrons. The van der Waals surface area contributed by atoms with Gasteiger partial charge in [-0.1, -0.05) is 58.7 Å². The van der Waals surface area contributed by atoms with Gasteiger partial charge < -0.3 is 9.26 Å². The minimum absolute atomic E-state index is 0.0257. The molecule has 0 N–H and O–H groups in total. The largest absolute Gasteiger partial charge is 0.365 e. The summed E-state index contributed by atoms with van der Waals surface area (Å²) in [6, 6.07) is 17.7. The zero-order chi connectivity index (χ0) is 19.1. The summed E-state index contributed by atoms with van der Waals surface area (Å²) >= 11 is 6.22. The Morgan fingerprint density at radius 3 is 2.75 bits per heavy atom. The van der Waals surface area contributed by atoms with E-state index < -0.39 is 0 Å². The Morgan fingerprint density at radius 2 is 1.93 bits per heavy atom. The molecule has 28 heavy (non-hydrogen) atoms. The molecule has 0 radical (unpaired) electrons. The molecule has 3 heterocycles. The third-order valence-electron chi connectivity index (χ3n) is 4.84. The van der Waals surface area contributed by atoms with Gasteiger partial charge >= 0.3 is 0 Å². The summed E-state index contributed by atoms with van der Waals surface area (Å²) < 4.78 is 13.4. The molecule has 0 amide bonds. The van der Waals surface area contributed by atoms with Crippen LogP contribution in [0.2, 0.25) is 5.02 Å². The first kappa shape index (κ1) is 17.2. The molecule has 2 aromatic carbocycles. The molecule has 7 heteroatoms. The van der Waals surface area contributed by atoms with Crippen molar-refractivity contribution in [2.75, 3.05) is 0 Å². The van der Waals surface area contributed by atoms with E-state index in [4.69, 9.17) is 20.9 Å². The second-order valence-corrected chi connectivity index (χ2v) is 7.22. The zero-order valence-corrected chi connectivity index (χ0v) is 15.9. The summed E-state index contributed by atoms with van der Waals surface area (Å²) in [5, 5.41) is 9.28. The normalized spacial score (nSPS) is 16.1. The van der Waals surface area contributed by atoms with Gasteiger partial charge in [0.25, 0.3) is 5.89 Å². The van der Waals surface area contributed by atoms with E-state index in [2.05, 4.69) is 46.4 Å². The summed E-state index contributed by atoms with van der Waals surface area (Å²) in [5.74, 6) is 0.809. The van der Waals surface area contributed by atoms with E-state index >= 15 is 0 Å². The summed E-state index contributed by atoms with van der Waals surface area (Å²) in [4.78, 5) is 4.46. The van der Waals surface area contributed by atoms with Crippen molar-refractivity contribution in [3.63, 3.8) is 0 Å². The third kappa shape index (κ3) is 3.10. The Bertz CT molecular complexity index is 1130. The highest BCUT2D eigenvalue weighted by Crippen LogP contribution is 2.30. The maximum Gasteiger partial charge on any atom is 0.278 e. The fourth-order valence-electron chi connectivity index (χ4n) is 3.29. The van der Waals surface area contributed by atoms with Gasteiger partial charge in [-0.15, -0.1) is 0 Å². The van der Waals surface area contributed by atoms with Crippen LogP contribution < -0.4 is 0 Å². The molecule has 0 fully saturated rings. The lowest BCUT2D eigenvalue weighted by Gasteiger charge is -2.24. The number of benzene rings is 2. The van der Waals surface area contributed by atoms with Crippen molar-refractivity contribution in [1.82, 2.24) is 19.9 Å². The van der Waals surface area contributed by atoms with Crippen molar-refractivity contribution in [3.05, 3.63) is 76.4 Å². The quantitative estimate of drug-likeness (QED) is 0.499. The minimum Gasteiger partial charge on any atom is -0.365 e. The van der Waals surface area contributed by atoms with Crippen molar-refractivity contribution in [2.45, 2.75) is 26.2 Å². The van der Waals surface area contributed by atoms with Crippen LogP contribution in [0.3, 0.4) is 0 Å². The Balaban J connectivity index is 1.41. The Kier molecular flexibility index (Phi) is 4.22. The van der Waals surface area contributed by atoms with Crippen LogP contribution in [0.15, 0.2) is 59.1 Å². The maximum absolute atomic E-state index is 6.22. The Labute approximate surface area is 166 Å². The average molecular weight is 393 g/mol. The van der Waals surface area contributed by atoms with E-state index in [0.29, 0.717) is 35.6 Å². The van der Waals surface area contributed by atoms with Crippen LogP contribution in [0, 0.1) is 6.92 Å². The van der Waals surface area contributed by atoms with Crippen molar-refractivity contribution < 1.29 is 9.26 Å². The average Bonchev–Trinajstić information content (AvgIpc) is 3.35. The summed E-state index contributed by atoms with van der Waals surface area (Å²) in [7, 11) is 0. The highest BCUT2D eigenvalue weighted by atomic mass is 35.5. The topological polar surface area (TPSA) is 66.0 Å². The predicted octanol–water partition coefficient (Wildman–Crippen LogP) is 4.83. The minimum atomic E-state index is -0.0257. The Hall–Kier alpha value is -2.96. The molecular formula is C21H17ClN4O2. The van der Waals surface area contributed by atoms with Gasteiger partial charge in [-0.2, -0.15) is 10.1 Å². The maximum atomic E-state index is 6.22. The summed E-state index contributed by atoms with van der Waals surface area (Å²) in [6.45, 7) is 3.20. The molecule has 0 spiro atoms. The molecule has 1 aliphatic heterocycles. The molecule has 0 saturated heterocycles. The molecule has 0 aliphatic carbocycles. The lowest BCUT2D eigenvalue weighted by Crippen LogP contribution is -2.21. The first-order valence-electron chi connectivity index (χ1n) is 9.01. The van der Waals surface area contributed by atoms with E-state index in [1.54, 1.807) is 6.07 Å². The Morgan fingerprint density at radius 1 is 1.11 bits per heavy atom. The first-order valence-corrected chi connectivity index (χ1v) is 9.39. The predicted molar refractivity (Wildman–Crippen MR) is 105 cm³/mol. The van der Waals surface area contributed by atoms with E-state index in [1.807, 2.05) is 28.9 Å². The number of hydrogen-bond donors (Lipinski definition) is 0. The van der Waals surface area contributed by atoms with Gasteiger partial charge in [-0.05, 0) is 30.7 Å². The number of aryl methyl sites for hydroxylation is 1. The standard InChI is InChI=1S/C21H17ClN4O2/c1-13-6-8-14(9-7-13)19-11-26-15(12-27-19)10-18(24-26)21-23-20(25-28-21)16-4-2-3-5-17(16)22/h2-10,19H,11-12H2,1H3. The van der Waals surface area contributed by atoms with Crippen LogP contribution in [0.4, 0.5) is 0 Å². The van der Waals surface area contributed by atoms with Gasteiger partial charge in [-0.25, -0.2) is 0 Å². The number of fused-ring (bicyclic) bond motifs is 1. The first-order chi connectivity index (χ1) is 13.7. The molecule has 2 aromatic heterocycles. The highest BCUT2D eigenvalue weighted by Gasteiger charge is 2.24. The second kappa shape index (κ2) is 6.89. The van der Waals surface area contributed by atoms with Crippen LogP contribution in [0.5, 0.6) is 0 Å². The molecule has 1 aliphatic rings. The van der Waals surface area contributed by atoms with Gasteiger partial charge in [0, 0.05) is 5.56 Å². The SMILES string of the molecule is Cc1ccc(C2Cn3nc(-c4nc(-c5ccccc5Cl)no4)cc3CO2)cc1. The summed E-state index contributed by atoms with van der Waals surface area (Å²) in [6.07, 6.45) is -0.0257. The number of hydrogen-bond acceptors (Lipinski definition) is 5. The van der Waals surface area contributed by atoms with Crippen molar-refractivity contribution >= 4 is 11.6 Å². The van der Waals surface area contributed by atoms with E-state index in [-0.39, 0.29) is 6.10 Å². The molecule has 1 atom stereocenters. The third-order valence-corrected chi connectivity index (χ3v) is 5.17. The molecule has 1 unspecified atom stereocenters. The second-order valence-electron chi connectivity index (χ2n) is 6.82. The van der Waals surface area contributed by atoms with E-state index in [1.165, 1.54) is 5.56 Å². The summed E-state index contributed by atoms with van der Waals surface area (Å²) in [5.41, 5.74) is 4.72. The van der Waals surface area contributed by atoms with Crippen LogP contribution in [-0.4, -0.2) is 19.9 Å². The van der Waals surface area contributed by atoms with Crippen LogP contribution in [-0.2, 0) is 17.9 Å². The molecule has 0 saturated carbocycles. The monoisotopic (exact) mass is 392 g/mol. The van der Waals surface area contributed by atoms with Crippen molar-refractivity contribution in [2.24, 2.45) is 0 Å². The van der Waals surface area contributed by atoms with Crippen molar-refractivity contribution in [3.8, 4) is 23.0 Å². The molecule has 4 aromatic rings. The lowest BCUT2D eigenvalue weighted by molar-refractivity contribution is -0.00113. The fourth-order valence-corrected chi connectivity index (χ4v) is 3.51. The smallest absolute Gasteiger partial charge is 0.278 e. The van der Waals surface area contributed by atoms with E-state index in [9.17, 15) is 0 Å². The number of aromatic nitrogens is 4. The number of halogens is 1. The number of nitrogens with zero attached hydrogens (tertiary/aromatic N) is 4. The van der Waals surface area contributed by atoms with Crippen LogP contribution >= 0.6 is 11.6 Å². The number of rotatable bonds is 3. The van der Waals surface area contributed by atoms with Crippen LogP contribution in [0.25, 0.3) is 23.0 Å². The molecule has 5 rings (SSSR count).